The van der Waals surface area contributed by atoms with E-state index in [1.54, 1.807) is 0 Å². The lowest BCUT2D eigenvalue weighted by Gasteiger charge is -2.31. The summed E-state index contributed by atoms with van der Waals surface area (Å²) in [6.07, 6.45) is 1.57. The molecule has 0 radical (unpaired) electrons. The van der Waals surface area contributed by atoms with Crippen LogP contribution in [0, 0.1) is 11.8 Å². The Morgan fingerprint density at radius 1 is 1.33 bits per heavy atom. The summed E-state index contributed by atoms with van der Waals surface area (Å²) in [6.45, 7) is 5.34. The Hall–Kier alpha value is -0.610. The highest BCUT2D eigenvalue weighted by atomic mass is 16.4. The van der Waals surface area contributed by atoms with Gasteiger partial charge < -0.3 is 14.9 Å². The molecule has 0 spiro atoms. The average molecular weight is 212 g/mol. The van der Waals surface area contributed by atoms with Crippen LogP contribution >= 0.6 is 0 Å². The number of carbonyl (C=O) groups is 1. The Bertz CT molecular complexity index is 245. The molecule has 4 heteroatoms. The first-order chi connectivity index (χ1) is 7.15. The average Bonchev–Trinajstić information content (AvgIpc) is 2.56. The second-order valence-corrected chi connectivity index (χ2v) is 4.97. The summed E-state index contributed by atoms with van der Waals surface area (Å²) in [5.74, 6) is 0.912. The van der Waals surface area contributed by atoms with E-state index in [9.17, 15) is 4.79 Å². The number of aliphatic carboxylic acids is 1. The van der Waals surface area contributed by atoms with E-state index in [1.165, 1.54) is 19.5 Å². The van der Waals surface area contributed by atoms with Crippen LogP contribution in [0.1, 0.15) is 12.8 Å². The molecule has 0 aromatic heterocycles. The molecule has 1 N–H and O–H groups in total. The quantitative estimate of drug-likeness (QED) is 0.733. The van der Waals surface area contributed by atoms with Crippen molar-refractivity contribution < 1.29 is 9.90 Å². The van der Waals surface area contributed by atoms with Gasteiger partial charge in [-0.1, -0.05) is 0 Å². The van der Waals surface area contributed by atoms with Crippen LogP contribution in [0.2, 0.25) is 0 Å². The lowest BCUT2D eigenvalue weighted by atomic mass is 9.89. The largest absolute Gasteiger partial charge is 0.481 e. The van der Waals surface area contributed by atoms with E-state index in [2.05, 4.69) is 16.8 Å². The van der Waals surface area contributed by atoms with Crippen LogP contribution in [-0.4, -0.2) is 60.6 Å². The first-order valence-electron chi connectivity index (χ1n) is 5.78. The third-order valence-corrected chi connectivity index (χ3v) is 3.72. The molecule has 2 aliphatic heterocycles. The van der Waals surface area contributed by atoms with E-state index in [1.807, 2.05) is 0 Å². The Morgan fingerprint density at radius 3 is 2.80 bits per heavy atom. The smallest absolute Gasteiger partial charge is 0.304 e. The van der Waals surface area contributed by atoms with Crippen LogP contribution < -0.4 is 0 Å². The van der Waals surface area contributed by atoms with Crippen LogP contribution in [0.25, 0.3) is 0 Å². The standard InChI is InChI=1S/C11H20N2O2/c1-12-4-2-9-7-13(5-3-11(14)15)8-10(9)6-12/h9-10H,2-8H2,1H3,(H,14,15). The minimum absolute atomic E-state index is 0.287. The molecule has 2 aliphatic rings. The second-order valence-electron chi connectivity index (χ2n) is 4.97. The minimum Gasteiger partial charge on any atom is -0.481 e. The molecular formula is C11H20N2O2. The molecule has 0 aromatic rings. The fourth-order valence-corrected chi connectivity index (χ4v) is 2.88. The van der Waals surface area contributed by atoms with Gasteiger partial charge in [0.05, 0.1) is 6.42 Å². The molecule has 0 bridgehead atoms. The van der Waals surface area contributed by atoms with Gasteiger partial charge in [-0.15, -0.1) is 0 Å². The maximum absolute atomic E-state index is 10.5. The molecule has 2 heterocycles. The van der Waals surface area contributed by atoms with Crippen molar-refractivity contribution in [3.05, 3.63) is 0 Å². The van der Waals surface area contributed by atoms with Crippen LogP contribution in [-0.2, 0) is 4.79 Å². The van der Waals surface area contributed by atoms with Gasteiger partial charge in [0, 0.05) is 26.2 Å². The summed E-state index contributed by atoms with van der Waals surface area (Å²) in [7, 11) is 2.18. The number of hydrogen-bond acceptors (Lipinski definition) is 3. The van der Waals surface area contributed by atoms with E-state index in [0.717, 1.165) is 31.5 Å². The number of likely N-dealkylation sites (tertiary alicyclic amines) is 2. The van der Waals surface area contributed by atoms with Gasteiger partial charge in [-0.05, 0) is 31.8 Å². The Kier molecular flexibility index (Phi) is 3.26. The first-order valence-corrected chi connectivity index (χ1v) is 5.78. The predicted octanol–water partition coefficient (Wildman–Crippen LogP) is 0.345. The van der Waals surface area contributed by atoms with Crippen molar-refractivity contribution >= 4 is 5.97 Å². The maximum atomic E-state index is 10.5. The van der Waals surface area contributed by atoms with Gasteiger partial charge in [0.2, 0.25) is 0 Å². The number of rotatable bonds is 3. The van der Waals surface area contributed by atoms with E-state index in [0.29, 0.717) is 0 Å². The lowest BCUT2D eigenvalue weighted by molar-refractivity contribution is -0.137. The highest BCUT2D eigenvalue weighted by Gasteiger charge is 2.35. The van der Waals surface area contributed by atoms with Crippen molar-refractivity contribution in [2.24, 2.45) is 11.8 Å². The zero-order valence-electron chi connectivity index (χ0n) is 9.35. The molecule has 2 saturated heterocycles. The van der Waals surface area contributed by atoms with Crippen LogP contribution in [0.15, 0.2) is 0 Å². The molecule has 86 valence electrons. The highest BCUT2D eigenvalue weighted by Crippen LogP contribution is 2.30. The fourth-order valence-electron chi connectivity index (χ4n) is 2.88. The number of carboxylic acids is 1. The number of piperidine rings is 1. The van der Waals surface area contributed by atoms with Crippen molar-refractivity contribution in [2.45, 2.75) is 12.8 Å². The molecule has 4 nitrogen and oxygen atoms in total. The summed E-state index contributed by atoms with van der Waals surface area (Å²) in [5.41, 5.74) is 0. The molecule has 2 unspecified atom stereocenters. The molecule has 15 heavy (non-hydrogen) atoms. The van der Waals surface area contributed by atoms with Crippen molar-refractivity contribution in [1.29, 1.82) is 0 Å². The molecule has 0 aliphatic carbocycles. The fraction of sp³-hybridized carbons (Fsp3) is 0.909. The van der Waals surface area contributed by atoms with Gasteiger partial charge in [-0.25, -0.2) is 0 Å². The van der Waals surface area contributed by atoms with Crippen LogP contribution in [0.4, 0.5) is 0 Å². The Morgan fingerprint density at radius 2 is 2.07 bits per heavy atom. The summed E-state index contributed by atoms with van der Waals surface area (Å²) in [5, 5.41) is 8.64. The molecule has 2 atom stereocenters. The van der Waals surface area contributed by atoms with Gasteiger partial charge in [0.15, 0.2) is 0 Å². The van der Waals surface area contributed by atoms with Gasteiger partial charge in [0.25, 0.3) is 0 Å². The van der Waals surface area contributed by atoms with Crippen molar-refractivity contribution in [2.75, 3.05) is 39.8 Å². The Labute approximate surface area is 90.9 Å². The minimum atomic E-state index is -0.679. The topological polar surface area (TPSA) is 43.8 Å². The summed E-state index contributed by atoms with van der Waals surface area (Å²) in [6, 6.07) is 0. The van der Waals surface area contributed by atoms with Crippen LogP contribution in [0.5, 0.6) is 0 Å². The molecular weight excluding hydrogens is 192 g/mol. The summed E-state index contributed by atoms with van der Waals surface area (Å²) in [4.78, 5) is 15.2. The number of fused-ring (bicyclic) bond motifs is 1. The SMILES string of the molecule is CN1CCC2CN(CCC(=O)O)CC2C1. The molecule has 0 amide bonds. The van der Waals surface area contributed by atoms with Crippen LogP contribution in [0.3, 0.4) is 0 Å². The van der Waals surface area contributed by atoms with E-state index >= 15 is 0 Å². The maximum Gasteiger partial charge on any atom is 0.304 e. The lowest BCUT2D eigenvalue weighted by Crippen LogP contribution is -2.37. The van der Waals surface area contributed by atoms with E-state index in [-0.39, 0.29) is 6.42 Å². The molecule has 0 aromatic carbocycles. The monoisotopic (exact) mass is 212 g/mol. The second kappa shape index (κ2) is 4.49. The van der Waals surface area contributed by atoms with Crippen molar-refractivity contribution in [3.63, 3.8) is 0 Å². The summed E-state index contributed by atoms with van der Waals surface area (Å²) >= 11 is 0. The number of carboxylic acid groups (broad SMARTS) is 1. The van der Waals surface area contributed by atoms with Gasteiger partial charge in [-0.3, -0.25) is 4.79 Å². The van der Waals surface area contributed by atoms with Gasteiger partial charge in [0.1, 0.15) is 0 Å². The zero-order chi connectivity index (χ0) is 10.8. The van der Waals surface area contributed by atoms with E-state index in [4.69, 9.17) is 5.11 Å². The first kappa shape index (κ1) is 10.9. The van der Waals surface area contributed by atoms with Crippen molar-refractivity contribution in [3.8, 4) is 0 Å². The normalized spacial score (nSPS) is 32.9. The molecule has 2 fully saturated rings. The van der Waals surface area contributed by atoms with E-state index < -0.39 is 5.97 Å². The van der Waals surface area contributed by atoms with Gasteiger partial charge in [-0.2, -0.15) is 0 Å². The highest BCUT2D eigenvalue weighted by molar-refractivity contribution is 5.66. The third kappa shape index (κ3) is 2.69. The number of hydrogen-bond donors (Lipinski definition) is 1. The number of nitrogens with zero attached hydrogens (tertiary/aromatic N) is 2. The third-order valence-electron chi connectivity index (χ3n) is 3.72. The predicted molar refractivity (Wildman–Crippen MR) is 57.8 cm³/mol. The zero-order valence-corrected chi connectivity index (χ0v) is 9.35. The molecule has 0 saturated carbocycles. The summed E-state index contributed by atoms with van der Waals surface area (Å²) < 4.78 is 0. The molecule has 2 rings (SSSR count). The van der Waals surface area contributed by atoms with Gasteiger partial charge >= 0.3 is 5.97 Å². The van der Waals surface area contributed by atoms with Crippen molar-refractivity contribution in [1.82, 2.24) is 9.80 Å². The Balaban J connectivity index is 1.80.